The first-order chi connectivity index (χ1) is 10.7. The van der Waals surface area contributed by atoms with Gasteiger partial charge in [-0.2, -0.15) is 0 Å². The Balaban J connectivity index is 2.86. The Kier molecular flexibility index (Phi) is 6.69. The van der Waals surface area contributed by atoms with E-state index in [-0.39, 0.29) is 5.92 Å². The summed E-state index contributed by atoms with van der Waals surface area (Å²) in [4.78, 5) is 11.1. The topological polar surface area (TPSA) is 91.0 Å². The van der Waals surface area contributed by atoms with E-state index in [4.69, 9.17) is 25.1 Å². The zero-order chi connectivity index (χ0) is 17.6. The SMILES string of the molecule is COc1cc(CCC(C)CC(C)(N)C(=O)O)c(OC)c(OC)c1. The Morgan fingerprint density at radius 3 is 2.39 bits per heavy atom. The molecule has 0 amide bonds. The molecular formula is C17H27NO5. The van der Waals surface area contributed by atoms with E-state index in [1.807, 2.05) is 13.0 Å². The summed E-state index contributed by atoms with van der Waals surface area (Å²) >= 11 is 0. The highest BCUT2D eigenvalue weighted by atomic mass is 16.5. The first-order valence-corrected chi connectivity index (χ1v) is 7.56. The molecule has 0 aliphatic heterocycles. The van der Waals surface area contributed by atoms with Gasteiger partial charge in [0.15, 0.2) is 11.5 Å². The van der Waals surface area contributed by atoms with E-state index in [9.17, 15) is 4.79 Å². The molecule has 0 aliphatic rings. The Hall–Kier alpha value is -1.95. The Bertz CT molecular complexity index is 542. The van der Waals surface area contributed by atoms with Crippen LogP contribution in [0.25, 0.3) is 0 Å². The second-order valence-corrected chi connectivity index (χ2v) is 6.09. The predicted molar refractivity (Wildman–Crippen MR) is 88.4 cm³/mol. The van der Waals surface area contributed by atoms with Crippen LogP contribution in [0.3, 0.4) is 0 Å². The molecule has 0 aliphatic carbocycles. The second-order valence-electron chi connectivity index (χ2n) is 6.09. The van der Waals surface area contributed by atoms with Crippen LogP contribution in [0.5, 0.6) is 17.2 Å². The molecule has 1 rings (SSSR count). The van der Waals surface area contributed by atoms with E-state index in [1.54, 1.807) is 34.3 Å². The average Bonchev–Trinajstić information content (AvgIpc) is 2.51. The van der Waals surface area contributed by atoms with Gasteiger partial charge in [-0.05, 0) is 38.2 Å². The summed E-state index contributed by atoms with van der Waals surface area (Å²) in [6, 6.07) is 3.68. The van der Waals surface area contributed by atoms with E-state index in [1.165, 1.54) is 0 Å². The van der Waals surface area contributed by atoms with Crippen molar-refractivity contribution in [1.29, 1.82) is 0 Å². The first kappa shape index (κ1) is 19.1. The molecule has 0 spiro atoms. The van der Waals surface area contributed by atoms with E-state index in [2.05, 4.69) is 0 Å². The van der Waals surface area contributed by atoms with E-state index in [0.717, 1.165) is 12.0 Å². The lowest BCUT2D eigenvalue weighted by atomic mass is 9.87. The standard InChI is InChI=1S/C17H27NO5/c1-11(10-17(2,18)16(19)20)6-7-12-8-13(21-3)9-14(22-4)15(12)23-5/h8-9,11H,6-7,10,18H2,1-5H3,(H,19,20). The van der Waals surface area contributed by atoms with Crippen LogP contribution < -0.4 is 19.9 Å². The lowest BCUT2D eigenvalue weighted by Crippen LogP contribution is -2.46. The van der Waals surface area contributed by atoms with Crippen LogP contribution in [0.2, 0.25) is 0 Å². The number of carboxylic acids is 1. The summed E-state index contributed by atoms with van der Waals surface area (Å²) in [6.45, 7) is 3.54. The third kappa shape index (κ3) is 5.03. The minimum absolute atomic E-state index is 0.156. The molecule has 6 nitrogen and oxygen atoms in total. The van der Waals surface area contributed by atoms with Gasteiger partial charge in [0.25, 0.3) is 0 Å². The van der Waals surface area contributed by atoms with Crippen molar-refractivity contribution < 1.29 is 24.1 Å². The molecular weight excluding hydrogens is 298 g/mol. The van der Waals surface area contributed by atoms with Gasteiger partial charge in [0.05, 0.1) is 21.3 Å². The summed E-state index contributed by atoms with van der Waals surface area (Å²) in [5.74, 6) is 1.16. The van der Waals surface area contributed by atoms with Crippen LogP contribution in [0.1, 0.15) is 32.3 Å². The molecule has 6 heteroatoms. The van der Waals surface area contributed by atoms with Gasteiger partial charge >= 0.3 is 5.97 Å². The predicted octanol–water partition coefficient (Wildman–Crippen LogP) is 2.47. The Morgan fingerprint density at radius 1 is 1.26 bits per heavy atom. The zero-order valence-electron chi connectivity index (χ0n) is 14.5. The van der Waals surface area contributed by atoms with Crippen molar-refractivity contribution in [2.75, 3.05) is 21.3 Å². The van der Waals surface area contributed by atoms with Gasteiger partial charge in [-0.25, -0.2) is 0 Å². The van der Waals surface area contributed by atoms with Crippen molar-refractivity contribution >= 4 is 5.97 Å². The number of ether oxygens (including phenoxy) is 3. The van der Waals surface area contributed by atoms with Gasteiger partial charge in [-0.1, -0.05) is 6.92 Å². The minimum atomic E-state index is -1.21. The van der Waals surface area contributed by atoms with Crippen molar-refractivity contribution in [1.82, 2.24) is 0 Å². The third-order valence-corrected chi connectivity index (χ3v) is 3.93. The fraction of sp³-hybridized carbons (Fsp3) is 0.588. The number of hydrogen-bond acceptors (Lipinski definition) is 5. The van der Waals surface area contributed by atoms with E-state index in [0.29, 0.717) is 30.1 Å². The average molecular weight is 325 g/mol. The minimum Gasteiger partial charge on any atom is -0.497 e. The fourth-order valence-corrected chi connectivity index (χ4v) is 2.63. The molecule has 0 heterocycles. The molecule has 3 N–H and O–H groups in total. The molecule has 130 valence electrons. The maximum absolute atomic E-state index is 11.1. The number of rotatable bonds is 9. The zero-order valence-corrected chi connectivity index (χ0v) is 14.5. The first-order valence-electron chi connectivity index (χ1n) is 7.56. The van der Waals surface area contributed by atoms with E-state index >= 15 is 0 Å². The molecule has 23 heavy (non-hydrogen) atoms. The Morgan fingerprint density at radius 2 is 1.91 bits per heavy atom. The van der Waals surface area contributed by atoms with Crippen molar-refractivity contribution in [2.24, 2.45) is 11.7 Å². The molecule has 0 bridgehead atoms. The van der Waals surface area contributed by atoms with Crippen LogP contribution in [0.15, 0.2) is 12.1 Å². The van der Waals surface area contributed by atoms with Gasteiger partial charge in [0.2, 0.25) is 0 Å². The normalized spacial score (nSPS) is 14.7. The highest BCUT2D eigenvalue weighted by molar-refractivity contribution is 5.77. The fourth-order valence-electron chi connectivity index (χ4n) is 2.63. The molecule has 0 saturated carbocycles. The van der Waals surface area contributed by atoms with Crippen LogP contribution in [0.4, 0.5) is 0 Å². The maximum Gasteiger partial charge on any atom is 0.323 e. The number of carbonyl (C=O) groups is 1. The van der Waals surface area contributed by atoms with E-state index < -0.39 is 11.5 Å². The summed E-state index contributed by atoms with van der Waals surface area (Å²) in [7, 11) is 4.77. The lowest BCUT2D eigenvalue weighted by Gasteiger charge is -2.23. The molecule has 2 atom stereocenters. The number of benzene rings is 1. The molecule has 0 saturated heterocycles. The summed E-state index contributed by atoms with van der Waals surface area (Å²) in [5.41, 5.74) is 5.56. The van der Waals surface area contributed by atoms with Gasteiger partial charge in [-0.15, -0.1) is 0 Å². The highest BCUT2D eigenvalue weighted by Crippen LogP contribution is 2.36. The number of hydrogen-bond donors (Lipinski definition) is 2. The summed E-state index contributed by atoms with van der Waals surface area (Å²) < 4.78 is 16.1. The molecule has 1 aromatic rings. The lowest BCUT2D eigenvalue weighted by molar-refractivity contribution is -0.143. The van der Waals surface area contributed by atoms with Gasteiger partial charge in [0, 0.05) is 11.6 Å². The summed E-state index contributed by atoms with van der Waals surface area (Å²) in [6.07, 6.45) is 1.91. The monoisotopic (exact) mass is 325 g/mol. The van der Waals surface area contributed by atoms with Crippen molar-refractivity contribution in [2.45, 2.75) is 38.6 Å². The van der Waals surface area contributed by atoms with Crippen molar-refractivity contribution in [3.05, 3.63) is 17.7 Å². The molecule has 0 aromatic heterocycles. The number of aryl methyl sites for hydroxylation is 1. The Labute approximate surface area is 137 Å². The molecule has 0 fully saturated rings. The van der Waals surface area contributed by atoms with Crippen LogP contribution in [-0.2, 0) is 11.2 Å². The third-order valence-electron chi connectivity index (χ3n) is 3.93. The largest absolute Gasteiger partial charge is 0.497 e. The van der Waals surface area contributed by atoms with Crippen molar-refractivity contribution in [3.8, 4) is 17.2 Å². The molecule has 2 unspecified atom stereocenters. The van der Waals surface area contributed by atoms with Crippen LogP contribution >= 0.6 is 0 Å². The maximum atomic E-state index is 11.1. The summed E-state index contributed by atoms with van der Waals surface area (Å²) in [5, 5.41) is 9.12. The van der Waals surface area contributed by atoms with Gasteiger partial charge in [-0.3, -0.25) is 4.79 Å². The van der Waals surface area contributed by atoms with Gasteiger partial charge < -0.3 is 25.1 Å². The number of carboxylic acid groups (broad SMARTS) is 1. The second kappa shape index (κ2) is 8.06. The van der Waals surface area contributed by atoms with Crippen molar-refractivity contribution in [3.63, 3.8) is 0 Å². The van der Waals surface area contributed by atoms with Gasteiger partial charge in [0.1, 0.15) is 11.3 Å². The van der Waals surface area contributed by atoms with Crippen LogP contribution in [0, 0.1) is 5.92 Å². The highest BCUT2D eigenvalue weighted by Gasteiger charge is 2.29. The number of aliphatic carboxylic acids is 1. The molecule has 1 aromatic carbocycles. The number of methoxy groups -OCH3 is 3. The number of nitrogens with two attached hydrogens (primary N) is 1. The molecule has 0 radical (unpaired) electrons. The smallest absolute Gasteiger partial charge is 0.323 e. The quantitative estimate of drug-likeness (QED) is 0.725. The van der Waals surface area contributed by atoms with Crippen LogP contribution in [-0.4, -0.2) is 37.9 Å².